The van der Waals surface area contributed by atoms with Crippen molar-refractivity contribution >= 4 is 27.5 Å². The zero-order valence-electron chi connectivity index (χ0n) is 8.75. The van der Waals surface area contributed by atoms with Crippen LogP contribution >= 0.6 is 15.9 Å². The Kier molecular flexibility index (Phi) is 3.42. The minimum absolute atomic E-state index is 0.137. The second kappa shape index (κ2) is 4.71. The van der Waals surface area contributed by atoms with Crippen molar-refractivity contribution in [3.8, 4) is 0 Å². The van der Waals surface area contributed by atoms with Crippen LogP contribution in [0.1, 0.15) is 0 Å². The van der Waals surface area contributed by atoms with Crippen molar-refractivity contribution in [1.82, 2.24) is 14.6 Å². The van der Waals surface area contributed by atoms with E-state index in [2.05, 4.69) is 31.3 Å². The molecule has 0 saturated heterocycles. The molecule has 0 aliphatic heterocycles. The van der Waals surface area contributed by atoms with Gasteiger partial charge in [0.15, 0.2) is 5.65 Å². The molecule has 1 N–H and O–H groups in total. The third-order valence-corrected chi connectivity index (χ3v) is 2.74. The number of pyridine rings is 1. The summed E-state index contributed by atoms with van der Waals surface area (Å²) in [6.45, 7) is -1.22. The van der Waals surface area contributed by atoms with Crippen molar-refractivity contribution in [3.05, 3.63) is 22.8 Å². The van der Waals surface area contributed by atoms with Crippen molar-refractivity contribution < 1.29 is 17.6 Å². The van der Waals surface area contributed by atoms with Crippen molar-refractivity contribution in [2.45, 2.75) is 12.3 Å². The third kappa shape index (κ3) is 2.55. The van der Waals surface area contributed by atoms with E-state index in [4.69, 9.17) is 0 Å². The van der Waals surface area contributed by atoms with Crippen molar-refractivity contribution in [3.63, 3.8) is 0 Å². The van der Waals surface area contributed by atoms with Crippen LogP contribution in [0.4, 0.5) is 23.5 Å². The number of nitrogens with one attached hydrogen (secondary N) is 1. The summed E-state index contributed by atoms with van der Waals surface area (Å²) in [6.07, 6.45) is -2.17. The number of nitrogens with zero attached hydrogens (tertiary/aromatic N) is 3. The first-order chi connectivity index (χ1) is 8.40. The number of alkyl halides is 4. The zero-order chi connectivity index (χ0) is 13.3. The topological polar surface area (TPSA) is 42.2 Å². The fourth-order valence-corrected chi connectivity index (χ4v) is 1.65. The highest BCUT2D eigenvalue weighted by Crippen LogP contribution is 2.23. The average Bonchev–Trinajstić information content (AvgIpc) is 2.71. The summed E-state index contributed by atoms with van der Waals surface area (Å²) in [7, 11) is 0. The van der Waals surface area contributed by atoms with Gasteiger partial charge in [-0.05, 0) is 28.1 Å². The van der Waals surface area contributed by atoms with Gasteiger partial charge in [-0.15, -0.1) is 5.10 Å². The van der Waals surface area contributed by atoms with Gasteiger partial charge in [-0.3, -0.25) is 0 Å². The second-order valence-corrected chi connectivity index (χ2v) is 4.33. The lowest BCUT2D eigenvalue weighted by molar-refractivity contribution is -0.117. The van der Waals surface area contributed by atoms with Gasteiger partial charge in [-0.2, -0.15) is 13.8 Å². The number of hydrogen-bond donors (Lipinski definition) is 1. The third-order valence-electron chi connectivity index (χ3n) is 2.12. The van der Waals surface area contributed by atoms with E-state index in [0.717, 1.165) is 0 Å². The molecule has 18 heavy (non-hydrogen) atoms. The van der Waals surface area contributed by atoms with E-state index < -0.39 is 18.9 Å². The predicted octanol–water partition coefficient (Wildman–Crippen LogP) is 2.80. The van der Waals surface area contributed by atoms with Crippen LogP contribution in [0.15, 0.2) is 22.8 Å². The van der Waals surface area contributed by atoms with Crippen LogP contribution in [0.2, 0.25) is 0 Å². The molecule has 0 aliphatic carbocycles. The lowest BCUT2D eigenvalue weighted by Crippen LogP contribution is -2.35. The van der Waals surface area contributed by atoms with E-state index >= 15 is 0 Å². The molecule has 9 heteroatoms. The van der Waals surface area contributed by atoms with Crippen molar-refractivity contribution in [2.75, 3.05) is 11.9 Å². The molecule has 0 atom stereocenters. The summed E-state index contributed by atoms with van der Waals surface area (Å²) in [6, 6.07) is 3.37. The van der Waals surface area contributed by atoms with Gasteiger partial charge in [0.2, 0.25) is 5.95 Å². The minimum atomic E-state index is -4.12. The Labute approximate surface area is 107 Å². The predicted molar refractivity (Wildman–Crippen MR) is 60.1 cm³/mol. The quantitative estimate of drug-likeness (QED) is 0.878. The fraction of sp³-hybridized carbons (Fsp3) is 0.333. The van der Waals surface area contributed by atoms with Crippen LogP contribution < -0.4 is 5.32 Å². The molecular formula is C9H7BrF4N4. The Hall–Kier alpha value is -1.38. The Morgan fingerprint density at radius 3 is 2.78 bits per heavy atom. The highest BCUT2D eigenvalue weighted by molar-refractivity contribution is 9.10. The molecule has 2 aromatic rings. The number of aromatic nitrogens is 3. The van der Waals surface area contributed by atoms with Crippen molar-refractivity contribution in [2.24, 2.45) is 0 Å². The normalized spacial score (nSPS) is 12.3. The lowest BCUT2D eigenvalue weighted by Gasteiger charge is -2.14. The summed E-state index contributed by atoms with van der Waals surface area (Å²) in [5, 5.41) is 5.91. The number of anilines is 1. The van der Waals surface area contributed by atoms with E-state index in [-0.39, 0.29) is 5.95 Å². The molecule has 0 amide bonds. The molecule has 2 aromatic heterocycles. The van der Waals surface area contributed by atoms with Crippen LogP contribution in [0, 0.1) is 0 Å². The first-order valence-electron chi connectivity index (χ1n) is 4.81. The summed E-state index contributed by atoms with van der Waals surface area (Å²) in [5.41, 5.74) is 0.403. The molecule has 0 aromatic carbocycles. The fourth-order valence-electron chi connectivity index (χ4n) is 1.22. The summed E-state index contributed by atoms with van der Waals surface area (Å²) in [5.74, 6) is -4.25. The first kappa shape index (κ1) is 13.1. The highest BCUT2D eigenvalue weighted by Gasteiger charge is 2.40. The molecule has 0 spiro atoms. The SMILES string of the molecule is FC(F)C(F)(F)CNc1nc2c(Br)cccn2n1. The van der Waals surface area contributed by atoms with Gasteiger partial charge in [0, 0.05) is 6.20 Å². The van der Waals surface area contributed by atoms with Crippen LogP contribution in [-0.2, 0) is 0 Å². The molecular weight excluding hydrogens is 320 g/mol. The van der Waals surface area contributed by atoms with Gasteiger partial charge < -0.3 is 5.32 Å². The molecule has 0 radical (unpaired) electrons. The molecule has 4 nitrogen and oxygen atoms in total. The monoisotopic (exact) mass is 326 g/mol. The first-order valence-corrected chi connectivity index (χ1v) is 5.60. The Morgan fingerprint density at radius 2 is 2.17 bits per heavy atom. The van der Waals surface area contributed by atoms with E-state index in [0.29, 0.717) is 10.1 Å². The number of fused-ring (bicyclic) bond motifs is 1. The van der Waals surface area contributed by atoms with E-state index in [1.165, 1.54) is 4.52 Å². The maximum absolute atomic E-state index is 12.7. The Balaban J connectivity index is 2.16. The zero-order valence-corrected chi connectivity index (χ0v) is 10.3. The molecule has 0 bridgehead atoms. The number of rotatable bonds is 4. The maximum Gasteiger partial charge on any atom is 0.324 e. The molecule has 0 unspecified atom stereocenters. The smallest absolute Gasteiger partial charge is 0.324 e. The standard InChI is InChI=1S/C9H7BrF4N4/c10-5-2-1-3-18-6(5)16-8(17-18)15-4-9(13,14)7(11)12/h1-3,7H,4H2,(H,15,17). The summed E-state index contributed by atoms with van der Waals surface area (Å²) in [4.78, 5) is 3.89. The molecule has 0 saturated carbocycles. The van der Waals surface area contributed by atoms with E-state index in [1.54, 1.807) is 18.3 Å². The highest BCUT2D eigenvalue weighted by atomic mass is 79.9. The summed E-state index contributed by atoms with van der Waals surface area (Å²) >= 11 is 3.20. The van der Waals surface area contributed by atoms with Gasteiger partial charge in [0.05, 0.1) is 11.0 Å². The Morgan fingerprint density at radius 1 is 1.44 bits per heavy atom. The minimum Gasteiger partial charge on any atom is -0.347 e. The van der Waals surface area contributed by atoms with Crippen LogP contribution in [0.25, 0.3) is 5.65 Å². The molecule has 98 valence electrons. The second-order valence-electron chi connectivity index (χ2n) is 3.47. The lowest BCUT2D eigenvalue weighted by atomic mass is 10.3. The molecule has 2 rings (SSSR count). The van der Waals surface area contributed by atoms with Gasteiger partial charge in [0.1, 0.15) is 0 Å². The van der Waals surface area contributed by atoms with Crippen LogP contribution in [0.3, 0.4) is 0 Å². The van der Waals surface area contributed by atoms with E-state index in [9.17, 15) is 17.6 Å². The van der Waals surface area contributed by atoms with Crippen LogP contribution in [0.5, 0.6) is 0 Å². The molecule has 0 aliphatic rings. The van der Waals surface area contributed by atoms with Gasteiger partial charge in [-0.1, -0.05) is 0 Å². The van der Waals surface area contributed by atoms with Crippen molar-refractivity contribution in [1.29, 1.82) is 0 Å². The number of hydrogen-bond acceptors (Lipinski definition) is 3. The maximum atomic E-state index is 12.7. The van der Waals surface area contributed by atoms with Gasteiger partial charge in [-0.25, -0.2) is 13.3 Å². The van der Waals surface area contributed by atoms with E-state index in [1.807, 2.05) is 0 Å². The molecule has 2 heterocycles. The largest absolute Gasteiger partial charge is 0.347 e. The molecule has 0 fully saturated rings. The van der Waals surface area contributed by atoms with Gasteiger partial charge in [0.25, 0.3) is 0 Å². The van der Waals surface area contributed by atoms with Gasteiger partial charge >= 0.3 is 12.3 Å². The number of halogens is 5. The van der Waals surface area contributed by atoms with Crippen LogP contribution in [-0.4, -0.2) is 33.5 Å². The summed E-state index contributed by atoms with van der Waals surface area (Å²) < 4.78 is 51.2. The average molecular weight is 327 g/mol. The Bertz CT molecular complexity index is 556.